The van der Waals surface area contributed by atoms with Crippen LogP contribution in [0.2, 0.25) is 0 Å². The van der Waals surface area contributed by atoms with Crippen LogP contribution in [0, 0.1) is 0 Å². The molecule has 0 bridgehead atoms. The number of ether oxygens (including phenoxy) is 2. The van der Waals surface area contributed by atoms with Gasteiger partial charge in [-0.05, 0) is 6.92 Å². The fourth-order valence-corrected chi connectivity index (χ4v) is 0.413. The van der Waals surface area contributed by atoms with Crippen molar-refractivity contribution in [2.75, 3.05) is 13.7 Å². The van der Waals surface area contributed by atoms with Crippen LogP contribution < -0.4 is 0 Å². The van der Waals surface area contributed by atoms with E-state index in [9.17, 15) is 14.4 Å². The van der Waals surface area contributed by atoms with Gasteiger partial charge in [-0.1, -0.05) is 6.58 Å². The van der Waals surface area contributed by atoms with E-state index in [0.717, 1.165) is 18.2 Å². The quantitative estimate of drug-likeness (QED) is 0.465. The van der Waals surface area contributed by atoms with E-state index in [-0.39, 0.29) is 6.61 Å². The summed E-state index contributed by atoms with van der Waals surface area (Å²) < 4.78 is 8.55. The molecule has 0 unspecified atom stereocenters. The maximum Gasteiger partial charge on any atom is 0.330 e. The molecule has 0 aliphatic heterocycles. The Balaban J connectivity index is -0.000000241. The molecule has 6 nitrogen and oxygen atoms in total. The molecular formula is C12H18O6. The molecule has 1 N–H and O–H groups in total. The molecule has 0 atom stereocenters. The van der Waals surface area contributed by atoms with Crippen LogP contribution in [0.4, 0.5) is 0 Å². The van der Waals surface area contributed by atoms with Crippen molar-refractivity contribution in [3.05, 3.63) is 38.0 Å². The van der Waals surface area contributed by atoms with Crippen molar-refractivity contribution in [2.24, 2.45) is 0 Å². The van der Waals surface area contributed by atoms with Gasteiger partial charge < -0.3 is 14.6 Å². The van der Waals surface area contributed by atoms with Gasteiger partial charge in [-0.3, -0.25) is 0 Å². The molecule has 0 aromatic heterocycles. The van der Waals surface area contributed by atoms with E-state index in [0.29, 0.717) is 0 Å². The lowest BCUT2D eigenvalue weighted by atomic mass is 10.5. The van der Waals surface area contributed by atoms with Gasteiger partial charge in [-0.2, -0.15) is 0 Å². The minimum absolute atomic E-state index is 0.253. The van der Waals surface area contributed by atoms with Gasteiger partial charge in [0.1, 0.15) is 0 Å². The summed E-state index contributed by atoms with van der Waals surface area (Å²) in [5.74, 6) is -2.19. The molecule has 102 valence electrons. The van der Waals surface area contributed by atoms with Crippen molar-refractivity contribution in [1.82, 2.24) is 0 Å². The largest absolute Gasteiger partial charge is 0.478 e. The van der Waals surface area contributed by atoms with E-state index in [1.807, 2.05) is 0 Å². The van der Waals surface area contributed by atoms with Crippen molar-refractivity contribution in [1.29, 1.82) is 0 Å². The minimum Gasteiger partial charge on any atom is -0.478 e. The third-order valence-corrected chi connectivity index (χ3v) is 1.02. The third kappa shape index (κ3) is 23.4. The summed E-state index contributed by atoms with van der Waals surface area (Å²) in [6.45, 7) is 11.1. The molecule has 0 rings (SSSR count). The summed E-state index contributed by atoms with van der Waals surface area (Å²) in [6.07, 6.45) is 2.71. The van der Waals surface area contributed by atoms with Gasteiger partial charge in [0.15, 0.2) is 0 Å². The Morgan fingerprint density at radius 1 is 1.17 bits per heavy atom. The summed E-state index contributed by atoms with van der Waals surface area (Å²) in [7, 11) is 1.31. The van der Waals surface area contributed by atoms with Crippen LogP contribution in [0.15, 0.2) is 38.0 Å². The van der Waals surface area contributed by atoms with Crippen LogP contribution in [0.1, 0.15) is 6.92 Å². The molecule has 0 aromatic carbocycles. The summed E-state index contributed by atoms with van der Waals surface area (Å²) in [6, 6.07) is 0. The van der Waals surface area contributed by atoms with Gasteiger partial charge in [0.2, 0.25) is 0 Å². The zero-order chi connectivity index (χ0) is 15.0. The number of carboxylic acids is 1. The first-order valence-corrected chi connectivity index (χ1v) is 4.76. The Bertz CT molecular complexity index is 293. The normalized spacial score (nSPS) is 7.89. The highest BCUT2D eigenvalue weighted by atomic mass is 16.5. The second kappa shape index (κ2) is 17.0. The van der Waals surface area contributed by atoms with Gasteiger partial charge in [-0.15, -0.1) is 13.2 Å². The number of hydrogen-bond donors (Lipinski definition) is 1. The molecule has 0 fully saturated rings. The van der Waals surface area contributed by atoms with Crippen molar-refractivity contribution >= 4 is 17.9 Å². The molecule has 0 heterocycles. The highest BCUT2D eigenvalue weighted by molar-refractivity contribution is 5.90. The minimum atomic E-state index is -1.16. The number of methoxy groups -OCH3 is 1. The van der Waals surface area contributed by atoms with Gasteiger partial charge >= 0.3 is 17.9 Å². The van der Waals surface area contributed by atoms with Gasteiger partial charge in [0.25, 0.3) is 0 Å². The van der Waals surface area contributed by atoms with Gasteiger partial charge in [0.05, 0.1) is 13.7 Å². The zero-order valence-corrected chi connectivity index (χ0v) is 10.5. The molecule has 0 saturated heterocycles. The van der Waals surface area contributed by atoms with Crippen molar-refractivity contribution in [3.63, 3.8) is 0 Å². The highest BCUT2D eigenvalue weighted by Crippen LogP contribution is 1.80. The number of hydrogen-bond acceptors (Lipinski definition) is 5. The SMILES string of the molecule is C=C.C=CC(=O)OC.CCOC(=O)/C=C\C(=O)O. The lowest BCUT2D eigenvalue weighted by Gasteiger charge is -1.92. The van der Waals surface area contributed by atoms with Crippen molar-refractivity contribution < 1.29 is 29.0 Å². The van der Waals surface area contributed by atoms with Crippen LogP contribution in [0.3, 0.4) is 0 Å². The van der Waals surface area contributed by atoms with Crippen LogP contribution in [0.5, 0.6) is 0 Å². The Labute approximate surface area is 106 Å². The smallest absolute Gasteiger partial charge is 0.330 e. The van der Waals surface area contributed by atoms with Crippen LogP contribution in [-0.2, 0) is 23.9 Å². The summed E-state index contributed by atoms with van der Waals surface area (Å²) in [5, 5.41) is 8.04. The monoisotopic (exact) mass is 258 g/mol. The summed E-state index contributed by atoms with van der Waals surface area (Å²) >= 11 is 0. The summed E-state index contributed by atoms with van der Waals surface area (Å²) in [5.41, 5.74) is 0. The maximum atomic E-state index is 10.4. The standard InChI is InChI=1S/C6H8O4.C4H6O2.C2H4/c1-2-10-6(9)4-3-5(7)8;1-3-4(5)6-2;1-2/h3-4H,2H2,1H3,(H,7,8);3H,1H2,2H3;1-2H2/b4-3-;;. The Morgan fingerprint density at radius 2 is 1.67 bits per heavy atom. The zero-order valence-electron chi connectivity index (χ0n) is 10.5. The molecule has 0 aliphatic carbocycles. The van der Waals surface area contributed by atoms with Crippen LogP contribution in [0.25, 0.3) is 0 Å². The van der Waals surface area contributed by atoms with Crippen LogP contribution in [-0.4, -0.2) is 36.7 Å². The van der Waals surface area contributed by atoms with E-state index in [1.165, 1.54) is 7.11 Å². The lowest BCUT2D eigenvalue weighted by Crippen LogP contribution is -2.00. The summed E-state index contributed by atoms with van der Waals surface area (Å²) in [4.78, 5) is 30.0. The first kappa shape index (κ1) is 21.0. The van der Waals surface area contributed by atoms with E-state index < -0.39 is 17.9 Å². The second-order valence-electron chi connectivity index (χ2n) is 2.15. The molecular weight excluding hydrogens is 240 g/mol. The van der Waals surface area contributed by atoms with E-state index in [1.54, 1.807) is 6.92 Å². The number of aliphatic carboxylic acids is 1. The van der Waals surface area contributed by atoms with E-state index >= 15 is 0 Å². The number of rotatable bonds is 4. The number of esters is 2. The average molecular weight is 258 g/mol. The second-order valence-corrected chi connectivity index (χ2v) is 2.15. The Kier molecular flexibility index (Phi) is 19.9. The number of carboxylic acid groups (broad SMARTS) is 1. The number of carbonyl (C=O) groups is 3. The molecule has 18 heavy (non-hydrogen) atoms. The van der Waals surface area contributed by atoms with Crippen LogP contribution >= 0.6 is 0 Å². The number of carbonyl (C=O) groups excluding carboxylic acids is 2. The first-order chi connectivity index (χ1) is 8.47. The Hall–Kier alpha value is -2.37. The predicted molar refractivity (Wildman–Crippen MR) is 66.9 cm³/mol. The molecule has 0 spiro atoms. The first-order valence-electron chi connectivity index (χ1n) is 4.76. The molecule has 0 radical (unpaired) electrons. The fraction of sp³-hybridized carbons (Fsp3) is 0.250. The van der Waals surface area contributed by atoms with Gasteiger partial charge in [-0.25, -0.2) is 14.4 Å². The molecule has 6 heteroatoms. The lowest BCUT2D eigenvalue weighted by molar-refractivity contribution is -0.138. The topological polar surface area (TPSA) is 89.9 Å². The molecule has 0 saturated carbocycles. The van der Waals surface area contributed by atoms with E-state index in [4.69, 9.17) is 5.11 Å². The highest BCUT2D eigenvalue weighted by Gasteiger charge is 1.94. The average Bonchev–Trinajstić information content (AvgIpc) is 2.39. The molecule has 0 aromatic rings. The van der Waals surface area contributed by atoms with Crippen molar-refractivity contribution in [2.45, 2.75) is 6.92 Å². The fourth-order valence-electron chi connectivity index (χ4n) is 0.413. The van der Waals surface area contributed by atoms with E-state index in [2.05, 4.69) is 29.2 Å². The Morgan fingerprint density at radius 3 is 1.89 bits per heavy atom. The molecule has 0 aliphatic rings. The third-order valence-electron chi connectivity index (χ3n) is 1.02. The van der Waals surface area contributed by atoms with Gasteiger partial charge in [0, 0.05) is 18.2 Å². The molecule has 0 amide bonds. The maximum absolute atomic E-state index is 10.4. The predicted octanol–water partition coefficient (Wildman–Crippen LogP) is 1.34. The van der Waals surface area contributed by atoms with Crippen molar-refractivity contribution in [3.8, 4) is 0 Å².